The van der Waals surface area contributed by atoms with Gasteiger partial charge in [-0.25, -0.2) is 13.1 Å². The number of hydrogen-bond acceptors (Lipinski definition) is 3. The van der Waals surface area contributed by atoms with Crippen molar-refractivity contribution >= 4 is 27.5 Å². The number of carbonyl (C=O) groups is 1. The second-order valence-electron chi connectivity index (χ2n) is 4.81. The summed E-state index contributed by atoms with van der Waals surface area (Å²) in [6.07, 6.45) is 0. The fourth-order valence-corrected chi connectivity index (χ4v) is 3.49. The first-order chi connectivity index (χ1) is 10.9. The Bertz CT molecular complexity index is 789. The van der Waals surface area contributed by atoms with Gasteiger partial charge < -0.3 is 5.32 Å². The van der Waals surface area contributed by atoms with E-state index in [1.165, 1.54) is 12.1 Å². The zero-order chi connectivity index (χ0) is 16.9. The van der Waals surface area contributed by atoms with Crippen LogP contribution in [0.3, 0.4) is 0 Å². The molecule has 0 aromatic heterocycles. The van der Waals surface area contributed by atoms with E-state index in [0.717, 1.165) is 5.56 Å². The lowest BCUT2D eigenvalue weighted by Gasteiger charge is -2.09. The van der Waals surface area contributed by atoms with Crippen LogP contribution >= 0.6 is 11.6 Å². The van der Waals surface area contributed by atoms with E-state index in [0.29, 0.717) is 12.1 Å². The zero-order valence-corrected chi connectivity index (χ0v) is 14.1. The van der Waals surface area contributed by atoms with Gasteiger partial charge in [-0.15, -0.1) is 0 Å². The standard InChI is InChI=1S/C16H17ClN2O3S/c1-2-18-16(20)13-9-7-12(8-10-13)11-19-23(21,22)15-6-4-3-5-14(15)17/h3-10,19H,2,11H2,1H3,(H,18,20). The van der Waals surface area contributed by atoms with Crippen LogP contribution in [-0.2, 0) is 16.6 Å². The van der Waals surface area contributed by atoms with E-state index in [1.807, 2.05) is 6.92 Å². The minimum absolute atomic E-state index is 0.0422. The van der Waals surface area contributed by atoms with Gasteiger partial charge in [0.15, 0.2) is 0 Å². The molecule has 0 radical (unpaired) electrons. The van der Waals surface area contributed by atoms with Crippen molar-refractivity contribution in [3.05, 3.63) is 64.7 Å². The van der Waals surface area contributed by atoms with Crippen molar-refractivity contribution in [2.75, 3.05) is 6.54 Å². The molecule has 2 N–H and O–H groups in total. The molecule has 0 fully saturated rings. The van der Waals surface area contributed by atoms with Crippen molar-refractivity contribution in [2.45, 2.75) is 18.4 Å². The highest BCUT2D eigenvalue weighted by molar-refractivity contribution is 7.89. The summed E-state index contributed by atoms with van der Waals surface area (Å²) in [5.41, 5.74) is 1.28. The number of rotatable bonds is 6. The molecule has 0 saturated carbocycles. The highest BCUT2D eigenvalue weighted by Gasteiger charge is 2.16. The van der Waals surface area contributed by atoms with E-state index in [-0.39, 0.29) is 22.4 Å². The summed E-state index contributed by atoms with van der Waals surface area (Å²) < 4.78 is 26.9. The molecule has 122 valence electrons. The molecule has 0 bridgehead atoms. The van der Waals surface area contributed by atoms with E-state index in [9.17, 15) is 13.2 Å². The van der Waals surface area contributed by atoms with Crippen LogP contribution in [0.15, 0.2) is 53.4 Å². The average molecular weight is 353 g/mol. The van der Waals surface area contributed by atoms with E-state index < -0.39 is 10.0 Å². The fourth-order valence-electron chi connectivity index (χ4n) is 1.96. The topological polar surface area (TPSA) is 75.3 Å². The minimum Gasteiger partial charge on any atom is -0.352 e. The Balaban J connectivity index is 2.06. The summed E-state index contributed by atoms with van der Waals surface area (Å²) in [7, 11) is -3.69. The average Bonchev–Trinajstić information content (AvgIpc) is 2.54. The largest absolute Gasteiger partial charge is 0.352 e. The molecular weight excluding hydrogens is 336 g/mol. The Kier molecular flexibility index (Phi) is 5.76. The molecule has 0 saturated heterocycles. The lowest BCUT2D eigenvalue weighted by Crippen LogP contribution is -2.24. The van der Waals surface area contributed by atoms with Crippen molar-refractivity contribution in [3.8, 4) is 0 Å². The number of nitrogens with one attached hydrogen (secondary N) is 2. The predicted octanol–water partition coefficient (Wildman–Crippen LogP) is 2.57. The smallest absolute Gasteiger partial charge is 0.251 e. The zero-order valence-electron chi connectivity index (χ0n) is 12.5. The van der Waals surface area contributed by atoms with Crippen LogP contribution in [0, 0.1) is 0 Å². The summed E-state index contributed by atoms with van der Waals surface area (Å²) in [6, 6.07) is 13.0. The maximum atomic E-state index is 12.2. The molecule has 0 aliphatic rings. The Labute approximate surface area is 140 Å². The van der Waals surface area contributed by atoms with Crippen LogP contribution in [0.4, 0.5) is 0 Å². The Morgan fingerprint density at radius 1 is 1.09 bits per heavy atom. The number of halogens is 1. The van der Waals surface area contributed by atoms with E-state index >= 15 is 0 Å². The van der Waals surface area contributed by atoms with Gasteiger partial charge in [-0.3, -0.25) is 4.79 Å². The van der Waals surface area contributed by atoms with Gasteiger partial charge >= 0.3 is 0 Å². The predicted molar refractivity (Wildman–Crippen MR) is 89.9 cm³/mol. The third-order valence-corrected chi connectivity index (χ3v) is 5.05. The van der Waals surface area contributed by atoms with Gasteiger partial charge in [0, 0.05) is 18.7 Å². The van der Waals surface area contributed by atoms with Crippen LogP contribution in [0.25, 0.3) is 0 Å². The van der Waals surface area contributed by atoms with Gasteiger partial charge in [-0.1, -0.05) is 35.9 Å². The lowest BCUT2D eigenvalue weighted by molar-refractivity contribution is 0.0956. The monoisotopic (exact) mass is 352 g/mol. The second-order valence-corrected chi connectivity index (χ2v) is 6.95. The molecule has 2 aromatic rings. The van der Waals surface area contributed by atoms with Gasteiger partial charge in [-0.05, 0) is 36.8 Å². The molecule has 2 aromatic carbocycles. The molecule has 0 heterocycles. The lowest BCUT2D eigenvalue weighted by atomic mass is 10.1. The molecule has 0 aliphatic carbocycles. The first-order valence-corrected chi connectivity index (χ1v) is 8.91. The maximum absolute atomic E-state index is 12.2. The molecule has 0 spiro atoms. The number of hydrogen-bond donors (Lipinski definition) is 2. The summed E-state index contributed by atoms with van der Waals surface area (Å²) in [4.78, 5) is 11.7. The molecule has 0 aliphatic heterocycles. The molecule has 0 atom stereocenters. The summed E-state index contributed by atoms with van der Waals surface area (Å²) >= 11 is 5.91. The van der Waals surface area contributed by atoms with E-state index in [4.69, 9.17) is 11.6 Å². The van der Waals surface area contributed by atoms with Crippen LogP contribution in [-0.4, -0.2) is 20.9 Å². The molecule has 0 unspecified atom stereocenters. The third kappa shape index (κ3) is 4.54. The normalized spacial score (nSPS) is 11.2. The van der Waals surface area contributed by atoms with Crippen LogP contribution in [0.1, 0.15) is 22.8 Å². The SMILES string of the molecule is CCNC(=O)c1ccc(CNS(=O)(=O)c2ccccc2Cl)cc1. The minimum atomic E-state index is -3.69. The Morgan fingerprint density at radius 3 is 2.35 bits per heavy atom. The first-order valence-electron chi connectivity index (χ1n) is 7.05. The van der Waals surface area contributed by atoms with Gasteiger partial charge in [0.25, 0.3) is 5.91 Å². The van der Waals surface area contributed by atoms with Gasteiger partial charge in [0.2, 0.25) is 10.0 Å². The van der Waals surface area contributed by atoms with Crippen molar-refractivity contribution < 1.29 is 13.2 Å². The van der Waals surface area contributed by atoms with E-state index in [2.05, 4.69) is 10.0 Å². The summed E-state index contributed by atoms with van der Waals surface area (Å²) in [5.74, 6) is -0.157. The van der Waals surface area contributed by atoms with Crippen LogP contribution in [0.5, 0.6) is 0 Å². The van der Waals surface area contributed by atoms with Crippen molar-refractivity contribution in [1.82, 2.24) is 10.0 Å². The van der Waals surface area contributed by atoms with Crippen LogP contribution < -0.4 is 10.0 Å². The maximum Gasteiger partial charge on any atom is 0.251 e. The highest BCUT2D eigenvalue weighted by atomic mass is 35.5. The first kappa shape index (κ1) is 17.5. The Hall–Kier alpha value is -1.89. The van der Waals surface area contributed by atoms with Crippen LogP contribution in [0.2, 0.25) is 5.02 Å². The third-order valence-electron chi connectivity index (χ3n) is 3.15. The number of carbonyl (C=O) groups excluding carboxylic acids is 1. The molecule has 2 rings (SSSR count). The van der Waals surface area contributed by atoms with Crippen molar-refractivity contribution in [3.63, 3.8) is 0 Å². The fraction of sp³-hybridized carbons (Fsp3) is 0.188. The van der Waals surface area contributed by atoms with Gasteiger partial charge in [0.05, 0.1) is 5.02 Å². The van der Waals surface area contributed by atoms with Crippen molar-refractivity contribution in [2.24, 2.45) is 0 Å². The van der Waals surface area contributed by atoms with Gasteiger partial charge in [-0.2, -0.15) is 0 Å². The quantitative estimate of drug-likeness (QED) is 0.839. The van der Waals surface area contributed by atoms with E-state index in [1.54, 1.807) is 36.4 Å². The molecule has 5 nitrogen and oxygen atoms in total. The number of sulfonamides is 1. The van der Waals surface area contributed by atoms with Crippen molar-refractivity contribution in [1.29, 1.82) is 0 Å². The summed E-state index contributed by atoms with van der Waals surface area (Å²) in [5, 5.41) is 2.87. The number of amides is 1. The van der Waals surface area contributed by atoms with Gasteiger partial charge in [0.1, 0.15) is 4.90 Å². The Morgan fingerprint density at radius 2 is 1.74 bits per heavy atom. The number of benzene rings is 2. The molecule has 7 heteroatoms. The molecular formula is C16H17ClN2O3S. The second kappa shape index (κ2) is 7.59. The highest BCUT2D eigenvalue weighted by Crippen LogP contribution is 2.20. The summed E-state index contributed by atoms with van der Waals surface area (Å²) in [6.45, 7) is 2.51. The molecule has 23 heavy (non-hydrogen) atoms. The molecule has 1 amide bonds.